The molecule has 2 unspecified atom stereocenters. The van der Waals surface area contributed by atoms with Crippen molar-refractivity contribution in [1.29, 1.82) is 0 Å². The molecule has 2 N–H and O–H groups in total. The number of rotatable bonds is 4. The van der Waals surface area contributed by atoms with E-state index in [2.05, 4.69) is 41.8 Å². The summed E-state index contributed by atoms with van der Waals surface area (Å²) >= 11 is 8.33. The third-order valence-corrected chi connectivity index (χ3v) is 5.65. The highest BCUT2D eigenvalue weighted by Crippen LogP contribution is 2.30. The molecule has 2 rings (SSSR count). The molecule has 4 heteroatoms. The third kappa shape index (κ3) is 3.66. The molecular formula is C15H23ClN2S. The first kappa shape index (κ1) is 15.2. The summed E-state index contributed by atoms with van der Waals surface area (Å²) in [6.45, 7) is 7.21. The molecule has 0 radical (unpaired) electrons. The maximum atomic E-state index is 6.25. The zero-order valence-electron chi connectivity index (χ0n) is 11.7. The average molecular weight is 299 g/mol. The Labute approximate surface area is 125 Å². The van der Waals surface area contributed by atoms with Crippen molar-refractivity contribution in [2.24, 2.45) is 5.73 Å². The number of benzene rings is 1. The Morgan fingerprint density at radius 2 is 2.32 bits per heavy atom. The van der Waals surface area contributed by atoms with Crippen LogP contribution >= 0.6 is 23.4 Å². The zero-order valence-corrected chi connectivity index (χ0v) is 13.3. The van der Waals surface area contributed by atoms with Crippen LogP contribution in [0.25, 0.3) is 0 Å². The molecule has 1 saturated heterocycles. The number of nitrogens with zero attached hydrogens (tertiary/aromatic N) is 1. The lowest BCUT2D eigenvalue weighted by molar-refractivity contribution is 0.207. The van der Waals surface area contributed by atoms with E-state index >= 15 is 0 Å². The third-order valence-electron chi connectivity index (χ3n) is 3.87. The molecule has 0 aromatic heterocycles. The van der Waals surface area contributed by atoms with Crippen LogP contribution in [0.4, 0.5) is 0 Å². The summed E-state index contributed by atoms with van der Waals surface area (Å²) in [7, 11) is 0. The molecule has 0 amide bonds. The van der Waals surface area contributed by atoms with Crippen LogP contribution in [0.3, 0.4) is 0 Å². The Morgan fingerprint density at radius 3 is 2.95 bits per heavy atom. The molecule has 1 aliphatic rings. The van der Waals surface area contributed by atoms with E-state index in [9.17, 15) is 0 Å². The fourth-order valence-electron chi connectivity index (χ4n) is 2.58. The van der Waals surface area contributed by atoms with Gasteiger partial charge in [-0.2, -0.15) is 11.8 Å². The maximum Gasteiger partial charge on any atom is 0.0471 e. The van der Waals surface area contributed by atoms with E-state index in [1.54, 1.807) is 0 Å². The fraction of sp³-hybridized carbons (Fsp3) is 0.600. The van der Waals surface area contributed by atoms with Crippen molar-refractivity contribution in [3.8, 4) is 0 Å². The number of thioether (sulfide) groups is 1. The van der Waals surface area contributed by atoms with Gasteiger partial charge in [-0.05, 0) is 30.5 Å². The molecule has 1 heterocycles. The van der Waals surface area contributed by atoms with E-state index in [0.717, 1.165) is 28.9 Å². The van der Waals surface area contributed by atoms with Crippen LogP contribution in [0.2, 0.25) is 5.02 Å². The summed E-state index contributed by atoms with van der Waals surface area (Å²) in [5.74, 6) is 1.20. The highest BCUT2D eigenvalue weighted by Gasteiger charge is 2.25. The van der Waals surface area contributed by atoms with Gasteiger partial charge < -0.3 is 5.73 Å². The fourth-order valence-corrected chi connectivity index (χ4v) is 3.98. The lowest BCUT2D eigenvalue weighted by Crippen LogP contribution is -2.42. The van der Waals surface area contributed by atoms with Crippen molar-refractivity contribution < 1.29 is 0 Å². The van der Waals surface area contributed by atoms with Crippen molar-refractivity contribution in [1.82, 2.24) is 4.90 Å². The second-order valence-electron chi connectivity index (χ2n) is 5.16. The summed E-state index contributed by atoms with van der Waals surface area (Å²) < 4.78 is 0. The van der Waals surface area contributed by atoms with Gasteiger partial charge in [-0.1, -0.05) is 30.7 Å². The van der Waals surface area contributed by atoms with Gasteiger partial charge in [-0.25, -0.2) is 0 Å². The molecule has 2 atom stereocenters. The van der Waals surface area contributed by atoms with Gasteiger partial charge in [-0.3, -0.25) is 4.90 Å². The number of hydrogen-bond acceptors (Lipinski definition) is 3. The van der Waals surface area contributed by atoms with Crippen molar-refractivity contribution in [3.63, 3.8) is 0 Å². The molecule has 19 heavy (non-hydrogen) atoms. The van der Waals surface area contributed by atoms with Crippen LogP contribution in [-0.2, 0) is 0 Å². The van der Waals surface area contributed by atoms with Gasteiger partial charge in [0.1, 0.15) is 0 Å². The minimum atomic E-state index is 0.299. The van der Waals surface area contributed by atoms with E-state index in [1.807, 2.05) is 6.92 Å². The molecule has 106 valence electrons. The van der Waals surface area contributed by atoms with E-state index in [-0.39, 0.29) is 0 Å². The Bertz CT molecular complexity index is 425. The topological polar surface area (TPSA) is 29.3 Å². The summed E-state index contributed by atoms with van der Waals surface area (Å²) in [6.07, 6.45) is 1.23. The average Bonchev–Trinajstić information content (AvgIpc) is 2.44. The molecule has 1 aliphatic heterocycles. The van der Waals surface area contributed by atoms with Gasteiger partial charge in [-0.15, -0.1) is 0 Å². The Balaban J connectivity index is 2.16. The molecule has 1 aromatic rings. The van der Waals surface area contributed by atoms with Crippen molar-refractivity contribution in [2.75, 3.05) is 25.4 Å². The predicted octanol–water partition coefficient (Wildman–Crippen LogP) is 3.48. The van der Waals surface area contributed by atoms with E-state index < -0.39 is 0 Å². The second-order valence-corrected chi connectivity index (χ2v) is 6.97. The maximum absolute atomic E-state index is 6.25. The molecule has 2 nitrogen and oxygen atoms in total. The van der Waals surface area contributed by atoms with Crippen LogP contribution in [0, 0.1) is 6.92 Å². The molecule has 0 aliphatic carbocycles. The largest absolute Gasteiger partial charge is 0.329 e. The minimum absolute atomic E-state index is 0.299. The number of nitrogens with two attached hydrogens (primary N) is 1. The van der Waals surface area contributed by atoms with Crippen LogP contribution in [0.15, 0.2) is 18.2 Å². The quantitative estimate of drug-likeness (QED) is 0.923. The molecular weight excluding hydrogens is 276 g/mol. The standard InChI is InChI=1S/C15H23ClN2S/c1-3-13-10-18(6-7-19-13)15(9-17)12-5-4-11(2)14(16)8-12/h4-5,8,13,15H,3,6-7,9-10,17H2,1-2H3. The van der Waals surface area contributed by atoms with Crippen molar-refractivity contribution >= 4 is 23.4 Å². The number of aryl methyl sites for hydroxylation is 1. The monoisotopic (exact) mass is 298 g/mol. The summed E-state index contributed by atoms with van der Waals surface area (Å²) in [4.78, 5) is 2.52. The molecule has 1 fully saturated rings. The first-order valence-electron chi connectivity index (χ1n) is 6.97. The summed E-state index contributed by atoms with van der Waals surface area (Å²) in [5.41, 5.74) is 8.40. The first-order chi connectivity index (χ1) is 9.15. The molecule has 0 spiro atoms. The Kier molecular flexibility index (Phi) is 5.58. The Morgan fingerprint density at radius 1 is 1.53 bits per heavy atom. The zero-order chi connectivity index (χ0) is 13.8. The normalized spacial score (nSPS) is 22.4. The van der Waals surface area contributed by atoms with Gasteiger partial charge in [0.05, 0.1) is 0 Å². The molecule has 0 bridgehead atoms. The van der Waals surface area contributed by atoms with Crippen LogP contribution < -0.4 is 5.73 Å². The van der Waals surface area contributed by atoms with Crippen molar-refractivity contribution in [3.05, 3.63) is 34.3 Å². The van der Waals surface area contributed by atoms with Crippen molar-refractivity contribution in [2.45, 2.75) is 31.6 Å². The van der Waals surface area contributed by atoms with E-state index in [4.69, 9.17) is 17.3 Å². The van der Waals surface area contributed by atoms with E-state index in [0.29, 0.717) is 12.6 Å². The van der Waals surface area contributed by atoms with Crippen LogP contribution in [-0.4, -0.2) is 35.5 Å². The predicted molar refractivity (Wildman–Crippen MR) is 86.1 cm³/mol. The van der Waals surface area contributed by atoms with Gasteiger partial charge in [0, 0.05) is 41.7 Å². The Hall–Kier alpha value is -0.220. The second kappa shape index (κ2) is 6.98. The van der Waals surface area contributed by atoms with Gasteiger partial charge >= 0.3 is 0 Å². The smallest absolute Gasteiger partial charge is 0.0471 e. The van der Waals surface area contributed by atoms with Crippen LogP contribution in [0.1, 0.15) is 30.5 Å². The first-order valence-corrected chi connectivity index (χ1v) is 8.40. The lowest BCUT2D eigenvalue weighted by Gasteiger charge is -2.37. The van der Waals surface area contributed by atoms with Gasteiger partial charge in [0.15, 0.2) is 0 Å². The molecule has 1 aromatic carbocycles. The van der Waals surface area contributed by atoms with Gasteiger partial charge in [0.2, 0.25) is 0 Å². The highest BCUT2D eigenvalue weighted by atomic mass is 35.5. The molecule has 0 saturated carbocycles. The van der Waals surface area contributed by atoms with Gasteiger partial charge in [0.25, 0.3) is 0 Å². The summed E-state index contributed by atoms with van der Waals surface area (Å²) in [5, 5.41) is 1.58. The summed E-state index contributed by atoms with van der Waals surface area (Å²) in [6, 6.07) is 6.64. The number of hydrogen-bond donors (Lipinski definition) is 1. The lowest BCUT2D eigenvalue weighted by atomic mass is 10.0. The van der Waals surface area contributed by atoms with E-state index in [1.165, 1.54) is 17.7 Å². The minimum Gasteiger partial charge on any atom is -0.329 e. The van der Waals surface area contributed by atoms with Crippen LogP contribution in [0.5, 0.6) is 0 Å². The SMILES string of the molecule is CCC1CN(C(CN)c2ccc(C)c(Cl)c2)CCS1. The highest BCUT2D eigenvalue weighted by molar-refractivity contribution is 8.00. The number of halogens is 1.